The molecule has 2 rings (SSSR count). The van der Waals surface area contributed by atoms with E-state index in [4.69, 9.17) is 9.22 Å². The summed E-state index contributed by atoms with van der Waals surface area (Å²) in [5, 5.41) is 1.12. The third-order valence-corrected chi connectivity index (χ3v) is 2.22. The van der Waals surface area contributed by atoms with E-state index in [0.717, 1.165) is 22.4 Å². The van der Waals surface area contributed by atoms with E-state index in [1.54, 1.807) is 0 Å². The number of benzene rings is 1. The van der Waals surface area contributed by atoms with Gasteiger partial charge in [-0.25, -0.2) is 0 Å². The molecular formula is C10H11NO2S. The molecule has 0 radical (unpaired) electrons. The summed E-state index contributed by atoms with van der Waals surface area (Å²) in [7, 11) is 0. The van der Waals surface area contributed by atoms with Crippen LogP contribution in [-0.2, 0) is 4.33 Å². The molecule has 0 atom stereocenters. The molecule has 0 fully saturated rings. The summed E-state index contributed by atoms with van der Waals surface area (Å²) in [5.74, 6) is 1.59. The summed E-state index contributed by atoms with van der Waals surface area (Å²) in [5.41, 5.74) is 1.10. The van der Waals surface area contributed by atoms with Crippen molar-refractivity contribution >= 4 is 22.9 Å². The minimum absolute atomic E-state index is 0.720. The Morgan fingerprint density at radius 1 is 1.36 bits per heavy atom. The molecule has 4 heteroatoms. The predicted octanol–water partition coefficient (Wildman–Crippen LogP) is 3.15. The molecule has 0 saturated carbocycles. The Labute approximate surface area is 86.5 Å². The number of fused-ring (bicyclic) bond motifs is 1. The van der Waals surface area contributed by atoms with Crippen LogP contribution < -0.4 is 4.89 Å². The normalized spacial score (nSPS) is 10.6. The summed E-state index contributed by atoms with van der Waals surface area (Å²) >= 11 is 1.28. The zero-order valence-electron chi connectivity index (χ0n) is 7.82. The van der Waals surface area contributed by atoms with Gasteiger partial charge < -0.3 is 9.87 Å². The highest BCUT2D eigenvalue weighted by molar-refractivity contribution is 7.94. The quantitative estimate of drug-likeness (QED) is 0.363. The van der Waals surface area contributed by atoms with Crippen molar-refractivity contribution in [1.29, 1.82) is 0 Å². The van der Waals surface area contributed by atoms with Crippen LogP contribution in [0.5, 0.6) is 5.75 Å². The number of aromatic nitrogens is 1. The molecule has 0 aliphatic carbocycles. The summed E-state index contributed by atoms with van der Waals surface area (Å²) in [6, 6.07) is 7.76. The monoisotopic (exact) mass is 209 g/mol. The van der Waals surface area contributed by atoms with Crippen molar-refractivity contribution in [3.8, 4) is 5.75 Å². The fourth-order valence-corrected chi connectivity index (χ4v) is 1.42. The second kappa shape index (κ2) is 4.39. The summed E-state index contributed by atoms with van der Waals surface area (Å²) in [4.78, 5) is 8.19. The van der Waals surface area contributed by atoms with Crippen molar-refractivity contribution in [1.82, 2.24) is 4.98 Å². The van der Waals surface area contributed by atoms with Gasteiger partial charge in [-0.05, 0) is 24.3 Å². The molecule has 1 aromatic heterocycles. The van der Waals surface area contributed by atoms with Crippen molar-refractivity contribution in [3.05, 3.63) is 30.5 Å². The molecule has 1 heterocycles. The molecule has 1 aromatic carbocycles. The lowest BCUT2D eigenvalue weighted by molar-refractivity contribution is -0.0774. The minimum Gasteiger partial charge on any atom is -0.361 e. The van der Waals surface area contributed by atoms with E-state index >= 15 is 0 Å². The minimum atomic E-state index is 0.720. The Hall–Kier alpha value is -1.13. The van der Waals surface area contributed by atoms with Gasteiger partial charge in [0.1, 0.15) is 0 Å². The van der Waals surface area contributed by atoms with E-state index in [2.05, 4.69) is 4.98 Å². The predicted molar refractivity (Wildman–Crippen MR) is 58.1 cm³/mol. The molecule has 0 spiro atoms. The zero-order valence-corrected chi connectivity index (χ0v) is 8.64. The first-order valence-corrected chi connectivity index (χ1v) is 5.34. The van der Waals surface area contributed by atoms with Gasteiger partial charge >= 0.3 is 0 Å². The number of H-pyrrole nitrogens is 1. The summed E-state index contributed by atoms with van der Waals surface area (Å²) in [6.45, 7) is 2.00. The first-order valence-electron chi connectivity index (χ1n) is 4.43. The van der Waals surface area contributed by atoms with Gasteiger partial charge in [0.25, 0.3) is 0 Å². The largest absolute Gasteiger partial charge is 0.361 e. The average molecular weight is 209 g/mol. The molecule has 74 valence electrons. The van der Waals surface area contributed by atoms with E-state index in [1.807, 2.05) is 37.4 Å². The molecule has 0 aliphatic rings. The van der Waals surface area contributed by atoms with Gasteiger partial charge in [-0.2, -0.15) is 0 Å². The SMILES string of the molecule is CCSOOc1ccc2[nH]ccc2c1. The topological polar surface area (TPSA) is 34.2 Å². The molecule has 0 bridgehead atoms. The lowest BCUT2D eigenvalue weighted by Gasteiger charge is -2.01. The van der Waals surface area contributed by atoms with E-state index in [1.165, 1.54) is 12.0 Å². The number of nitrogens with one attached hydrogen (secondary N) is 1. The first-order chi connectivity index (χ1) is 6.90. The van der Waals surface area contributed by atoms with Crippen LogP contribution in [0.4, 0.5) is 0 Å². The molecular weight excluding hydrogens is 198 g/mol. The second-order valence-electron chi connectivity index (χ2n) is 2.78. The Balaban J connectivity index is 2.10. The average Bonchev–Trinajstić information content (AvgIpc) is 2.65. The molecule has 1 N–H and O–H groups in total. The van der Waals surface area contributed by atoms with Gasteiger partial charge in [0.05, 0.1) is 0 Å². The first kappa shape index (κ1) is 9.43. The van der Waals surface area contributed by atoms with Gasteiger partial charge in [0.2, 0.25) is 0 Å². The highest BCUT2D eigenvalue weighted by Gasteiger charge is 1.98. The number of hydrogen-bond acceptors (Lipinski definition) is 3. The third-order valence-electron chi connectivity index (χ3n) is 1.82. The van der Waals surface area contributed by atoms with Crippen LogP contribution in [0, 0.1) is 0 Å². The number of rotatable bonds is 4. The Morgan fingerprint density at radius 3 is 3.14 bits per heavy atom. The Bertz CT molecular complexity index is 413. The fourth-order valence-electron chi connectivity index (χ4n) is 1.19. The van der Waals surface area contributed by atoms with Crippen molar-refractivity contribution in [2.24, 2.45) is 0 Å². The van der Waals surface area contributed by atoms with Crippen LogP contribution in [0.2, 0.25) is 0 Å². The maximum atomic E-state index is 5.07. The lowest BCUT2D eigenvalue weighted by Crippen LogP contribution is -1.89. The van der Waals surface area contributed by atoms with Crippen LogP contribution in [0.15, 0.2) is 30.5 Å². The fraction of sp³-hybridized carbons (Fsp3) is 0.200. The smallest absolute Gasteiger partial charge is 0.167 e. The second-order valence-corrected chi connectivity index (χ2v) is 3.73. The standard InChI is InChI=1S/C10H11NO2S/c1-2-14-13-12-9-3-4-10-8(7-9)5-6-11-10/h3-7,11H,2H2,1H3. The molecule has 2 aromatic rings. The third kappa shape index (κ3) is 2.02. The lowest BCUT2D eigenvalue weighted by atomic mass is 10.2. The van der Waals surface area contributed by atoms with Crippen LogP contribution in [-0.4, -0.2) is 10.7 Å². The molecule has 14 heavy (non-hydrogen) atoms. The Kier molecular flexibility index (Phi) is 2.96. The van der Waals surface area contributed by atoms with Crippen LogP contribution in [0.3, 0.4) is 0 Å². The maximum Gasteiger partial charge on any atom is 0.167 e. The van der Waals surface area contributed by atoms with Crippen molar-refractivity contribution in [2.75, 3.05) is 5.75 Å². The molecule has 3 nitrogen and oxygen atoms in total. The van der Waals surface area contributed by atoms with E-state index < -0.39 is 0 Å². The van der Waals surface area contributed by atoms with Gasteiger partial charge in [-0.15, -0.1) is 4.33 Å². The summed E-state index contributed by atoms with van der Waals surface area (Å²) < 4.78 is 4.90. The molecule has 0 saturated heterocycles. The van der Waals surface area contributed by atoms with E-state index in [9.17, 15) is 0 Å². The number of aromatic amines is 1. The summed E-state index contributed by atoms with van der Waals surface area (Å²) in [6.07, 6.45) is 1.90. The van der Waals surface area contributed by atoms with E-state index in [-0.39, 0.29) is 0 Å². The van der Waals surface area contributed by atoms with Crippen LogP contribution >= 0.6 is 12.0 Å². The number of hydrogen-bond donors (Lipinski definition) is 1. The Morgan fingerprint density at radius 2 is 2.29 bits per heavy atom. The van der Waals surface area contributed by atoms with Gasteiger partial charge in [-0.1, -0.05) is 6.92 Å². The molecule has 0 amide bonds. The van der Waals surface area contributed by atoms with Crippen molar-refractivity contribution in [3.63, 3.8) is 0 Å². The van der Waals surface area contributed by atoms with Gasteiger partial charge in [0.15, 0.2) is 5.75 Å². The molecule has 0 unspecified atom stereocenters. The van der Waals surface area contributed by atoms with Crippen LogP contribution in [0.1, 0.15) is 6.92 Å². The molecule has 0 aliphatic heterocycles. The maximum absolute atomic E-state index is 5.07. The van der Waals surface area contributed by atoms with Gasteiger partial charge in [-0.3, -0.25) is 0 Å². The zero-order chi connectivity index (χ0) is 9.80. The highest BCUT2D eigenvalue weighted by Crippen LogP contribution is 2.20. The van der Waals surface area contributed by atoms with Crippen molar-refractivity contribution < 1.29 is 9.22 Å². The highest BCUT2D eigenvalue weighted by atomic mass is 32.2. The van der Waals surface area contributed by atoms with Crippen LogP contribution in [0.25, 0.3) is 10.9 Å². The van der Waals surface area contributed by atoms with Gasteiger partial charge in [0, 0.05) is 34.9 Å². The van der Waals surface area contributed by atoms with E-state index in [0.29, 0.717) is 0 Å². The van der Waals surface area contributed by atoms with Crippen molar-refractivity contribution in [2.45, 2.75) is 6.92 Å².